The number of nitrogens with two attached hydrogens (primary N) is 1. The second kappa shape index (κ2) is 4.18. The molecule has 0 aliphatic carbocycles. The van der Waals surface area contributed by atoms with Gasteiger partial charge in [-0.3, -0.25) is 0 Å². The maximum atomic E-state index is 12.5. The summed E-state index contributed by atoms with van der Waals surface area (Å²) in [5.74, 6) is -2.55. The lowest BCUT2D eigenvalue weighted by Gasteiger charge is -2.28. The Morgan fingerprint density at radius 1 is 1.55 bits per heavy atom. The lowest BCUT2D eigenvalue weighted by atomic mass is 10.1. The van der Waals surface area contributed by atoms with Gasteiger partial charge >= 0.3 is 0 Å². The van der Waals surface area contributed by atoms with Crippen molar-refractivity contribution in [2.24, 2.45) is 5.73 Å². The van der Waals surface area contributed by atoms with Gasteiger partial charge in [-0.05, 0) is 0 Å². The molecule has 0 aromatic rings. The van der Waals surface area contributed by atoms with E-state index in [2.05, 4.69) is 0 Å². The molecule has 1 aliphatic rings. The van der Waals surface area contributed by atoms with Gasteiger partial charge in [0.25, 0.3) is 5.92 Å². The normalized spacial score (nSPS) is 29.2. The Bertz CT molecular complexity index is 123. The smallest absolute Gasteiger partial charge is 0.252 e. The van der Waals surface area contributed by atoms with E-state index in [1.54, 1.807) is 0 Å². The molecule has 1 saturated heterocycles. The Kier molecular flexibility index (Phi) is 4.21. The van der Waals surface area contributed by atoms with Gasteiger partial charge in [-0.1, -0.05) is 0 Å². The molecule has 2 N–H and O–H groups in total. The fraction of sp³-hybridized carbons (Fsp3) is 1.00. The molecule has 1 fully saturated rings. The molecule has 0 radical (unpaired) electrons. The molecule has 0 amide bonds. The zero-order valence-electron chi connectivity index (χ0n) is 6.06. The van der Waals surface area contributed by atoms with Crippen LogP contribution < -0.4 is 5.73 Å². The molecule has 1 atom stereocenters. The molecule has 0 spiro atoms. The molecule has 0 saturated carbocycles. The number of alkyl halides is 2. The first-order chi connectivity index (χ1) is 4.64. The van der Waals surface area contributed by atoms with Crippen molar-refractivity contribution >= 4 is 12.4 Å². The van der Waals surface area contributed by atoms with Gasteiger partial charge in [0.2, 0.25) is 0 Å². The summed E-state index contributed by atoms with van der Waals surface area (Å²) in [6.07, 6.45) is -0.823. The lowest BCUT2D eigenvalue weighted by Crippen LogP contribution is -2.38. The minimum Gasteiger partial charge on any atom is -0.376 e. The minimum atomic E-state index is -2.55. The topological polar surface area (TPSA) is 35.2 Å². The first-order valence-electron chi connectivity index (χ1n) is 3.33. The number of halogens is 3. The van der Waals surface area contributed by atoms with E-state index < -0.39 is 12.0 Å². The SMILES string of the molecule is Cl.NCC1CC(F)(F)CCO1. The van der Waals surface area contributed by atoms with Gasteiger partial charge in [0.05, 0.1) is 12.7 Å². The summed E-state index contributed by atoms with van der Waals surface area (Å²) in [6.45, 7) is 0.324. The summed E-state index contributed by atoms with van der Waals surface area (Å²) in [5.41, 5.74) is 5.17. The molecule has 1 heterocycles. The van der Waals surface area contributed by atoms with Crippen molar-refractivity contribution in [2.75, 3.05) is 13.2 Å². The molecule has 0 aromatic heterocycles. The van der Waals surface area contributed by atoms with E-state index in [9.17, 15) is 8.78 Å². The van der Waals surface area contributed by atoms with Gasteiger partial charge in [0.1, 0.15) is 0 Å². The first-order valence-corrected chi connectivity index (χ1v) is 3.33. The van der Waals surface area contributed by atoms with Crippen LogP contribution in [0.4, 0.5) is 8.78 Å². The van der Waals surface area contributed by atoms with Crippen LogP contribution in [-0.2, 0) is 4.74 Å². The molecule has 2 nitrogen and oxygen atoms in total. The van der Waals surface area contributed by atoms with Crippen LogP contribution in [-0.4, -0.2) is 25.2 Å². The minimum absolute atomic E-state index is 0. The van der Waals surface area contributed by atoms with Crippen molar-refractivity contribution in [3.05, 3.63) is 0 Å². The highest BCUT2D eigenvalue weighted by atomic mass is 35.5. The number of hydrogen-bond donors (Lipinski definition) is 1. The predicted octanol–water partition coefficient (Wildman–Crippen LogP) is 1.18. The molecule has 1 aliphatic heterocycles. The Balaban J connectivity index is 0.000001000. The summed E-state index contributed by atoms with van der Waals surface area (Å²) < 4.78 is 30.0. The number of hydrogen-bond acceptors (Lipinski definition) is 2. The van der Waals surface area contributed by atoms with E-state index in [4.69, 9.17) is 10.5 Å². The summed E-state index contributed by atoms with van der Waals surface area (Å²) in [7, 11) is 0. The second-order valence-corrected chi connectivity index (χ2v) is 2.54. The van der Waals surface area contributed by atoms with Crippen LogP contribution in [0.1, 0.15) is 12.8 Å². The molecule has 68 valence electrons. The van der Waals surface area contributed by atoms with Crippen molar-refractivity contribution in [2.45, 2.75) is 24.9 Å². The Morgan fingerprint density at radius 3 is 2.55 bits per heavy atom. The van der Waals surface area contributed by atoms with Crippen LogP contribution in [0.15, 0.2) is 0 Å². The van der Waals surface area contributed by atoms with Crippen LogP contribution in [0.2, 0.25) is 0 Å². The standard InChI is InChI=1S/C6H11F2NO.ClH/c7-6(8)1-2-10-5(3-6)4-9;/h5H,1-4,9H2;1H. The zero-order chi connectivity index (χ0) is 7.61. The van der Waals surface area contributed by atoms with Crippen LogP contribution in [0.25, 0.3) is 0 Å². The average molecular weight is 188 g/mol. The van der Waals surface area contributed by atoms with E-state index >= 15 is 0 Å². The third-order valence-electron chi connectivity index (χ3n) is 1.61. The van der Waals surface area contributed by atoms with E-state index in [0.717, 1.165) is 0 Å². The summed E-state index contributed by atoms with van der Waals surface area (Å²) >= 11 is 0. The van der Waals surface area contributed by atoms with Gasteiger partial charge in [0.15, 0.2) is 0 Å². The van der Waals surface area contributed by atoms with Crippen molar-refractivity contribution in [1.82, 2.24) is 0 Å². The van der Waals surface area contributed by atoms with Gasteiger partial charge in [-0.25, -0.2) is 8.78 Å². The predicted molar refractivity (Wildman–Crippen MR) is 40.2 cm³/mol. The van der Waals surface area contributed by atoms with E-state index in [-0.39, 0.29) is 38.4 Å². The van der Waals surface area contributed by atoms with E-state index in [1.165, 1.54) is 0 Å². The number of rotatable bonds is 1. The van der Waals surface area contributed by atoms with Gasteiger partial charge in [0, 0.05) is 19.4 Å². The molecule has 0 aromatic carbocycles. The van der Waals surface area contributed by atoms with Crippen molar-refractivity contribution in [3.8, 4) is 0 Å². The Morgan fingerprint density at radius 2 is 2.18 bits per heavy atom. The van der Waals surface area contributed by atoms with Crippen LogP contribution >= 0.6 is 12.4 Å². The summed E-state index contributed by atoms with van der Waals surface area (Å²) in [6, 6.07) is 0. The van der Waals surface area contributed by atoms with Crippen molar-refractivity contribution in [1.29, 1.82) is 0 Å². The fourth-order valence-corrected chi connectivity index (χ4v) is 1.02. The molecule has 11 heavy (non-hydrogen) atoms. The average Bonchev–Trinajstić information content (AvgIpc) is 1.86. The highest BCUT2D eigenvalue weighted by Crippen LogP contribution is 2.29. The van der Waals surface area contributed by atoms with Gasteiger partial charge in [-0.15, -0.1) is 12.4 Å². The molecular weight excluding hydrogens is 176 g/mol. The maximum Gasteiger partial charge on any atom is 0.252 e. The van der Waals surface area contributed by atoms with Gasteiger partial charge in [-0.2, -0.15) is 0 Å². The third-order valence-corrected chi connectivity index (χ3v) is 1.61. The van der Waals surface area contributed by atoms with Crippen LogP contribution in [0.3, 0.4) is 0 Å². The fourth-order valence-electron chi connectivity index (χ4n) is 1.02. The quantitative estimate of drug-likeness (QED) is 0.669. The highest BCUT2D eigenvalue weighted by Gasteiger charge is 2.36. The van der Waals surface area contributed by atoms with Crippen molar-refractivity contribution in [3.63, 3.8) is 0 Å². The largest absolute Gasteiger partial charge is 0.376 e. The maximum absolute atomic E-state index is 12.5. The van der Waals surface area contributed by atoms with Crippen LogP contribution in [0.5, 0.6) is 0 Å². The lowest BCUT2D eigenvalue weighted by molar-refractivity contribution is -0.124. The van der Waals surface area contributed by atoms with Crippen molar-refractivity contribution < 1.29 is 13.5 Å². The molecule has 5 heteroatoms. The summed E-state index contributed by atoms with van der Waals surface area (Å²) in [4.78, 5) is 0. The summed E-state index contributed by atoms with van der Waals surface area (Å²) in [5, 5.41) is 0. The molecule has 0 bridgehead atoms. The third kappa shape index (κ3) is 3.31. The van der Waals surface area contributed by atoms with E-state index in [1.807, 2.05) is 0 Å². The Labute approximate surface area is 70.5 Å². The second-order valence-electron chi connectivity index (χ2n) is 2.54. The Hall–Kier alpha value is 0.0700. The van der Waals surface area contributed by atoms with Gasteiger partial charge < -0.3 is 10.5 Å². The first kappa shape index (κ1) is 11.1. The van der Waals surface area contributed by atoms with Crippen LogP contribution in [0, 0.1) is 0 Å². The molecular formula is C6H12ClF2NO. The van der Waals surface area contributed by atoms with E-state index in [0.29, 0.717) is 0 Å². The zero-order valence-corrected chi connectivity index (χ0v) is 6.87. The monoisotopic (exact) mass is 187 g/mol. The molecule has 1 unspecified atom stereocenters. The molecule has 1 rings (SSSR count). The highest BCUT2D eigenvalue weighted by molar-refractivity contribution is 5.85. The number of ether oxygens (including phenoxy) is 1.